The number of aromatic nitrogens is 3. The summed E-state index contributed by atoms with van der Waals surface area (Å²) < 4.78 is 5.09. The van der Waals surface area contributed by atoms with E-state index < -0.39 is 11.8 Å². The molecule has 4 rings (SSSR count). The molecule has 0 aliphatic carbocycles. The number of amides is 2. The number of nitrogens with one attached hydrogen (secondary N) is 2. The molecule has 4 aromatic rings. The summed E-state index contributed by atoms with van der Waals surface area (Å²) in [5.74, 6) is -1.03. The van der Waals surface area contributed by atoms with Crippen LogP contribution in [-0.4, -0.2) is 32.0 Å². The number of pyridine rings is 1. The van der Waals surface area contributed by atoms with Crippen LogP contribution in [0.5, 0.6) is 5.75 Å². The van der Waals surface area contributed by atoms with Gasteiger partial charge in [-0.1, -0.05) is 22.4 Å². The molecular formula is C22H18N8O4. The van der Waals surface area contributed by atoms with Gasteiger partial charge in [0, 0.05) is 30.6 Å². The molecule has 170 valence electrons. The van der Waals surface area contributed by atoms with Crippen LogP contribution in [0.3, 0.4) is 0 Å². The Kier molecular flexibility index (Phi) is 6.21. The Morgan fingerprint density at radius 1 is 1.06 bits per heavy atom. The lowest BCUT2D eigenvalue weighted by Crippen LogP contribution is -2.13. The maximum atomic E-state index is 12.5. The summed E-state index contributed by atoms with van der Waals surface area (Å²) in [6.45, 7) is 1.28. The van der Waals surface area contributed by atoms with Crippen molar-refractivity contribution in [3.8, 4) is 17.1 Å². The van der Waals surface area contributed by atoms with Crippen LogP contribution in [-0.2, 0) is 4.79 Å². The van der Waals surface area contributed by atoms with Gasteiger partial charge in [-0.3, -0.25) is 14.6 Å². The number of hydrogen-bond acceptors (Lipinski definition) is 10. The van der Waals surface area contributed by atoms with Crippen LogP contribution in [0.1, 0.15) is 17.3 Å². The first-order chi connectivity index (χ1) is 16.4. The van der Waals surface area contributed by atoms with Crippen molar-refractivity contribution in [2.75, 3.05) is 16.4 Å². The average Bonchev–Trinajstić information content (AvgIpc) is 3.30. The number of carbonyl (C=O) groups is 2. The van der Waals surface area contributed by atoms with Gasteiger partial charge in [-0.2, -0.15) is 4.98 Å². The SMILES string of the molecule is CC(=O)Nc1cc(N=Nc2nc(-c3cccc(N)c3)no2)cc(NC(=O)c2cccnc2)c1O. The van der Waals surface area contributed by atoms with Crippen molar-refractivity contribution in [3.63, 3.8) is 0 Å². The third-order valence-electron chi connectivity index (χ3n) is 4.39. The molecule has 0 fully saturated rings. The van der Waals surface area contributed by atoms with Crippen LogP contribution < -0.4 is 16.4 Å². The van der Waals surface area contributed by atoms with Crippen molar-refractivity contribution in [2.24, 2.45) is 10.2 Å². The third kappa shape index (κ3) is 5.19. The fraction of sp³-hybridized carbons (Fsp3) is 0.0455. The molecule has 5 N–H and O–H groups in total. The summed E-state index contributed by atoms with van der Waals surface area (Å²) in [5, 5.41) is 27.4. The van der Waals surface area contributed by atoms with Gasteiger partial charge in [0.15, 0.2) is 5.75 Å². The molecule has 0 bridgehead atoms. The minimum Gasteiger partial charge on any atom is -0.504 e. The third-order valence-corrected chi connectivity index (χ3v) is 4.39. The molecule has 12 heteroatoms. The second-order valence-electron chi connectivity index (χ2n) is 6.99. The van der Waals surface area contributed by atoms with Crippen LogP contribution in [0, 0.1) is 0 Å². The molecule has 0 saturated heterocycles. The number of rotatable bonds is 6. The van der Waals surface area contributed by atoms with E-state index in [1.165, 1.54) is 31.5 Å². The number of aromatic hydroxyl groups is 1. The minimum absolute atomic E-state index is 0.0000296. The summed E-state index contributed by atoms with van der Waals surface area (Å²) in [4.78, 5) is 32.1. The highest BCUT2D eigenvalue weighted by atomic mass is 16.5. The van der Waals surface area contributed by atoms with E-state index in [1.807, 2.05) is 0 Å². The molecule has 0 unspecified atom stereocenters. The molecule has 0 aliphatic rings. The molecule has 0 radical (unpaired) electrons. The molecule has 12 nitrogen and oxygen atoms in total. The zero-order valence-electron chi connectivity index (χ0n) is 17.8. The number of hydrogen-bond donors (Lipinski definition) is 4. The fourth-order valence-corrected chi connectivity index (χ4v) is 2.90. The average molecular weight is 458 g/mol. The van der Waals surface area contributed by atoms with E-state index in [2.05, 4.69) is 36.0 Å². The van der Waals surface area contributed by atoms with Gasteiger partial charge in [0.05, 0.1) is 22.6 Å². The summed E-state index contributed by atoms with van der Waals surface area (Å²) >= 11 is 0. The van der Waals surface area contributed by atoms with Crippen LogP contribution >= 0.6 is 0 Å². The highest BCUT2D eigenvalue weighted by molar-refractivity contribution is 6.06. The quantitative estimate of drug-likeness (QED) is 0.190. The molecule has 2 aromatic carbocycles. The lowest BCUT2D eigenvalue weighted by atomic mass is 10.2. The van der Waals surface area contributed by atoms with E-state index in [1.54, 1.807) is 36.4 Å². The maximum absolute atomic E-state index is 12.5. The second kappa shape index (κ2) is 9.56. The lowest BCUT2D eigenvalue weighted by molar-refractivity contribution is -0.114. The summed E-state index contributed by atoms with van der Waals surface area (Å²) in [7, 11) is 0. The van der Waals surface area contributed by atoms with Gasteiger partial charge < -0.3 is 26.0 Å². The first-order valence-corrected chi connectivity index (χ1v) is 9.86. The number of phenolic OH excluding ortho intramolecular Hbond substituents is 1. The fourth-order valence-electron chi connectivity index (χ4n) is 2.90. The monoisotopic (exact) mass is 458 g/mol. The molecule has 34 heavy (non-hydrogen) atoms. The molecule has 0 spiro atoms. The topological polar surface area (TPSA) is 181 Å². The van der Waals surface area contributed by atoms with E-state index in [9.17, 15) is 14.7 Å². The Hall–Kier alpha value is -5.13. The highest BCUT2D eigenvalue weighted by Crippen LogP contribution is 2.37. The molecule has 0 atom stereocenters. The van der Waals surface area contributed by atoms with E-state index in [4.69, 9.17) is 10.3 Å². The molecule has 0 saturated carbocycles. The van der Waals surface area contributed by atoms with Gasteiger partial charge in [-0.15, -0.1) is 5.11 Å². The zero-order chi connectivity index (χ0) is 24.1. The Bertz CT molecular complexity index is 1380. The van der Waals surface area contributed by atoms with Crippen molar-refractivity contribution < 1.29 is 19.2 Å². The number of benzene rings is 2. The second-order valence-corrected chi connectivity index (χ2v) is 6.99. The predicted molar refractivity (Wildman–Crippen MR) is 123 cm³/mol. The summed E-state index contributed by atoms with van der Waals surface area (Å²) in [5.41, 5.74) is 7.44. The van der Waals surface area contributed by atoms with E-state index in [0.29, 0.717) is 11.3 Å². The summed E-state index contributed by atoms with van der Waals surface area (Å²) in [6.07, 6.45) is 2.90. The van der Waals surface area contributed by atoms with E-state index in [0.717, 1.165) is 0 Å². The minimum atomic E-state index is -0.519. The van der Waals surface area contributed by atoms with Crippen LogP contribution in [0.4, 0.5) is 28.8 Å². The Morgan fingerprint density at radius 3 is 2.56 bits per heavy atom. The standard InChI is InChI=1S/C22H18N8O4/c1-12(31)25-17-9-16(10-18(19(17)32)26-21(33)14-5-3-7-24-11-14)28-29-22-27-20(30-34-22)13-4-2-6-15(23)8-13/h2-11,32H,23H2,1H3,(H,25,31)(H,26,33). The number of nitrogens with two attached hydrogens (primary N) is 1. The Balaban J connectivity index is 1.62. The molecule has 2 heterocycles. The first-order valence-electron chi connectivity index (χ1n) is 9.86. The van der Waals surface area contributed by atoms with Crippen molar-refractivity contribution in [3.05, 3.63) is 66.5 Å². The number of phenols is 1. The highest BCUT2D eigenvalue weighted by Gasteiger charge is 2.15. The normalized spacial score (nSPS) is 10.9. The number of nitrogen functional groups attached to an aromatic ring is 1. The maximum Gasteiger partial charge on any atom is 0.366 e. The zero-order valence-corrected chi connectivity index (χ0v) is 17.8. The molecule has 2 amide bonds. The van der Waals surface area contributed by atoms with Gasteiger partial charge in [0.1, 0.15) is 0 Å². The van der Waals surface area contributed by atoms with Crippen molar-refractivity contribution in [2.45, 2.75) is 6.92 Å². The summed E-state index contributed by atoms with van der Waals surface area (Å²) in [6, 6.07) is 12.7. The largest absolute Gasteiger partial charge is 0.504 e. The van der Waals surface area contributed by atoms with Crippen LogP contribution in [0.25, 0.3) is 11.4 Å². The lowest BCUT2D eigenvalue weighted by Gasteiger charge is -2.12. The number of nitrogens with zero attached hydrogens (tertiary/aromatic N) is 5. The van der Waals surface area contributed by atoms with Crippen LogP contribution in [0.15, 0.2) is 75.7 Å². The van der Waals surface area contributed by atoms with Crippen molar-refractivity contribution in [1.82, 2.24) is 15.1 Å². The van der Waals surface area contributed by atoms with Gasteiger partial charge in [-0.25, -0.2) is 0 Å². The van der Waals surface area contributed by atoms with Gasteiger partial charge in [-0.05, 0) is 36.4 Å². The Labute approximate surface area is 192 Å². The Morgan fingerprint density at radius 2 is 1.85 bits per heavy atom. The van der Waals surface area contributed by atoms with Crippen LogP contribution in [0.2, 0.25) is 0 Å². The van der Waals surface area contributed by atoms with E-state index in [-0.39, 0.29) is 40.2 Å². The number of anilines is 3. The van der Waals surface area contributed by atoms with E-state index >= 15 is 0 Å². The molecule has 2 aromatic heterocycles. The number of carbonyl (C=O) groups excluding carboxylic acids is 2. The predicted octanol–water partition coefficient (Wildman–Crippen LogP) is 4.05. The van der Waals surface area contributed by atoms with Crippen molar-refractivity contribution in [1.29, 1.82) is 0 Å². The van der Waals surface area contributed by atoms with Gasteiger partial charge in [0.2, 0.25) is 11.7 Å². The van der Waals surface area contributed by atoms with Gasteiger partial charge in [0.25, 0.3) is 5.91 Å². The number of azo groups is 1. The molecule has 0 aliphatic heterocycles. The molecular weight excluding hydrogens is 440 g/mol. The van der Waals surface area contributed by atoms with Gasteiger partial charge >= 0.3 is 6.01 Å². The first kappa shape index (κ1) is 22.1. The van der Waals surface area contributed by atoms with Crippen molar-refractivity contribution >= 4 is 40.6 Å². The smallest absolute Gasteiger partial charge is 0.366 e.